The minimum Gasteiger partial charge on any atom is -0.354 e. The summed E-state index contributed by atoms with van der Waals surface area (Å²) in [4.78, 5) is 28.5. The van der Waals surface area contributed by atoms with Gasteiger partial charge in [-0.2, -0.15) is 0 Å². The summed E-state index contributed by atoms with van der Waals surface area (Å²) < 4.78 is 28.7. The van der Waals surface area contributed by atoms with Crippen LogP contribution in [0.15, 0.2) is 83.8 Å². The van der Waals surface area contributed by atoms with Crippen LogP contribution in [0.5, 0.6) is 0 Å². The molecule has 0 heterocycles. The molecule has 0 saturated carbocycles. The van der Waals surface area contributed by atoms with E-state index in [0.29, 0.717) is 12.2 Å². The van der Waals surface area contributed by atoms with Gasteiger partial charge in [0.15, 0.2) is 0 Å². The number of carbonyl (C=O) groups is 2. The van der Waals surface area contributed by atoms with Crippen molar-refractivity contribution in [2.24, 2.45) is 0 Å². The minimum absolute atomic E-state index is 0.0881. The minimum atomic E-state index is -4.06. The number of rotatable bonds is 12. The monoisotopic (exact) mass is 535 g/mol. The molecule has 0 radical (unpaired) electrons. The highest BCUT2D eigenvalue weighted by Crippen LogP contribution is 2.25. The van der Waals surface area contributed by atoms with Crippen LogP contribution in [0.2, 0.25) is 0 Å². The van der Waals surface area contributed by atoms with E-state index < -0.39 is 28.5 Å². The Labute approximate surface area is 226 Å². The average Bonchev–Trinajstić information content (AvgIpc) is 2.91. The molecule has 0 aliphatic heterocycles. The molecular weight excluding hydrogens is 498 g/mol. The first kappa shape index (κ1) is 28.9. The number of anilines is 1. The van der Waals surface area contributed by atoms with E-state index in [1.807, 2.05) is 51.1 Å². The van der Waals surface area contributed by atoms with E-state index in [0.717, 1.165) is 33.8 Å². The lowest BCUT2D eigenvalue weighted by atomic mass is 10.1. The number of unbranched alkanes of at least 4 members (excludes halogenated alkanes) is 1. The normalized spacial score (nSPS) is 12.0. The van der Waals surface area contributed by atoms with Crippen LogP contribution in [0.4, 0.5) is 5.69 Å². The third-order valence-electron chi connectivity index (χ3n) is 6.50. The van der Waals surface area contributed by atoms with Crippen LogP contribution in [-0.4, -0.2) is 44.3 Å². The summed E-state index contributed by atoms with van der Waals surface area (Å²) in [6.45, 7) is 7.79. The molecule has 0 aromatic heterocycles. The molecule has 8 heteroatoms. The highest BCUT2D eigenvalue weighted by atomic mass is 32.2. The smallest absolute Gasteiger partial charge is 0.264 e. The Morgan fingerprint density at radius 1 is 0.921 bits per heavy atom. The highest BCUT2D eigenvalue weighted by molar-refractivity contribution is 7.92. The maximum absolute atomic E-state index is 13.9. The van der Waals surface area contributed by atoms with Gasteiger partial charge in [-0.05, 0) is 68.1 Å². The molecule has 3 aromatic rings. The number of carbonyl (C=O) groups excluding carboxylic acids is 2. The van der Waals surface area contributed by atoms with Gasteiger partial charge < -0.3 is 10.2 Å². The molecule has 3 aromatic carbocycles. The molecule has 0 unspecified atom stereocenters. The van der Waals surface area contributed by atoms with E-state index in [9.17, 15) is 18.0 Å². The van der Waals surface area contributed by atoms with E-state index in [1.165, 1.54) is 17.0 Å². The zero-order valence-corrected chi connectivity index (χ0v) is 23.4. The Balaban J connectivity index is 2.00. The van der Waals surface area contributed by atoms with Crippen LogP contribution in [0.25, 0.3) is 0 Å². The Bertz CT molecular complexity index is 1340. The topological polar surface area (TPSA) is 86.8 Å². The molecule has 1 N–H and O–H groups in total. The van der Waals surface area contributed by atoms with Crippen molar-refractivity contribution in [3.8, 4) is 0 Å². The lowest BCUT2D eigenvalue weighted by molar-refractivity contribution is -0.139. The second-order valence-corrected chi connectivity index (χ2v) is 11.3. The molecule has 7 nitrogen and oxygen atoms in total. The summed E-state index contributed by atoms with van der Waals surface area (Å²) in [5, 5.41) is 2.90. The summed E-state index contributed by atoms with van der Waals surface area (Å²) >= 11 is 0. The van der Waals surface area contributed by atoms with Crippen molar-refractivity contribution < 1.29 is 18.0 Å². The van der Waals surface area contributed by atoms with Crippen LogP contribution in [0, 0.1) is 13.8 Å². The van der Waals surface area contributed by atoms with E-state index in [2.05, 4.69) is 5.32 Å². The third-order valence-corrected chi connectivity index (χ3v) is 8.29. The summed E-state index contributed by atoms with van der Waals surface area (Å²) in [6, 6.07) is 22.0. The van der Waals surface area contributed by atoms with Gasteiger partial charge in [-0.25, -0.2) is 8.42 Å². The van der Waals surface area contributed by atoms with Crippen molar-refractivity contribution in [3.05, 3.63) is 95.6 Å². The second-order valence-electron chi connectivity index (χ2n) is 9.43. The Morgan fingerprint density at radius 2 is 1.61 bits per heavy atom. The second kappa shape index (κ2) is 13.2. The summed E-state index contributed by atoms with van der Waals surface area (Å²) in [5.74, 6) is -0.735. The molecule has 0 bridgehead atoms. The third kappa shape index (κ3) is 7.22. The first-order valence-electron chi connectivity index (χ1n) is 12.9. The molecule has 0 aliphatic carbocycles. The maximum Gasteiger partial charge on any atom is 0.264 e. The van der Waals surface area contributed by atoms with Crippen LogP contribution in [0.1, 0.15) is 43.4 Å². The molecule has 3 rings (SSSR count). The number of amides is 2. The molecule has 38 heavy (non-hydrogen) atoms. The first-order chi connectivity index (χ1) is 18.1. The van der Waals surface area contributed by atoms with Gasteiger partial charge >= 0.3 is 0 Å². The fourth-order valence-corrected chi connectivity index (χ4v) is 5.55. The fourth-order valence-electron chi connectivity index (χ4n) is 4.12. The van der Waals surface area contributed by atoms with Crippen LogP contribution < -0.4 is 9.62 Å². The summed E-state index contributed by atoms with van der Waals surface area (Å²) in [6.07, 6.45) is 1.77. The quantitative estimate of drug-likeness (QED) is 0.337. The van der Waals surface area contributed by atoms with Gasteiger partial charge in [-0.1, -0.05) is 67.9 Å². The number of sulfonamides is 1. The molecule has 0 fully saturated rings. The van der Waals surface area contributed by atoms with Gasteiger partial charge in [-0.15, -0.1) is 0 Å². The van der Waals surface area contributed by atoms with E-state index >= 15 is 0 Å². The highest BCUT2D eigenvalue weighted by Gasteiger charge is 2.32. The molecule has 0 saturated heterocycles. The SMILES string of the molecule is CCCCNC(=O)[C@@H](C)N(Cc1ccccc1C)C(=O)CN(c1cccc(C)c1)S(=O)(=O)c1ccccc1. The Kier molecular flexibility index (Phi) is 10.1. The molecular formula is C30H37N3O4S. The number of nitrogens with zero attached hydrogens (tertiary/aromatic N) is 2. The molecule has 202 valence electrons. The van der Waals surface area contributed by atoms with Gasteiger partial charge in [0.25, 0.3) is 10.0 Å². The van der Waals surface area contributed by atoms with Crippen molar-refractivity contribution >= 4 is 27.5 Å². The van der Waals surface area contributed by atoms with E-state index in [1.54, 1.807) is 43.3 Å². The number of hydrogen-bond donors (Lipinski definition) is 1. The Morgan fingerprint density at radius 3 is 2.26 bits per heavy atom. The summed E-state index contributed by atoms with van der Waals surface area (Å²) in [5.41, 5.74) is 3.13. The van der Waals surface area contributed by atoms with Gasteiger partial charge in [0.1, 0.15) is 12.6 Å². The molecule has 0 aliphatic rings. The fraction of sp³-hybridized carbons (Fsp3) is 0.333. The zero-order valence-electron chi connectivity index (χ0n) is 22.6. The predicted octanol–water partition coefficient (Wildman–Crippen LogP) is 4.83. The van der Waals surface area contributed by atoms with Gasteiger partial charge in [-0.3, -0.25) is 13.9 Å². The van der Waals surface area contributed by atoms with E-state index in [-0.39, 0.29) is 17.3 Å². The molecule has 0 spiro atoms. The standard InChI is InChI=1S/C30H37N3O4S/c1-5-6-19-31-30(35)25(4)32(21-26-15-11-10-14-24(26)3)29(34)22-33(27-16-12-13-23(2)20-27)38(36,37)28-17-8-7-9-18-28/h7-18,20,25H,5-6,19,21-22H2,1-4H3,(H,31,35)/t25-/m1/s1. The number of nitrogens with one attached hydrogen (secondary N) is 1. The van der Waals surface area contributed by atoms with Crippen LogP contribution >= 0.6 is 0 Å². The average molecular weight is 536 g/mol. The van der Waals surface area contributed by atoms with E-state index in [4.69, 9.17) is 0 Å². The van der Waals surface area contributed by atoms with Gasteiger partial charge in [0.05, 0.1) is 10.6 Å². The number of benzene rings is 3. The summed E-state index contributed by atoms with van der Waals surface area (Å²) in [7, 11) is -4.06. The van der Waals surface area contributed by atoms with Crippen molar-refractivity contribution in [2.75, 3.05) is 17.4 Å². The zero-order chi connectivity index (χ0) is 27.7. The first-order valence-corrected chi connectivity index (χ1v) is 14.3. The lowest BCUT2D eigenvalue weighted by Crippen LogP contribution is -2.51. The maximum atomic E-state index is 13.9. The van der Waals surface area contributed by atoms with Gasteiger partial charge in [0.2, 0.25) is 11.8 Å². The number of hydrogen-bond acceptors (Lipinski definition) is 4. The Hall–Kier alpha value is -3.65. The van der Waals surface area contributed by atoms with Crippen LogP contribution in [-0.2, 0) is 26.2 Å². The lowest BCUT2D eigenvalue weighted by Gasteiger charge is -2.32. The largest absolute Gasteiger partial charge is 0.354 e. The van der Waals surface area contributed by atoms with Crippen molar-refractivity contribution in [1.82, 2.24) is 10.2 Å². The molecule has 1 atom stereocenters. The van der Waals surface area contributed by atoms with Crippen LogP contribution in [0.3, 0.4) is 0 Å². The van der Waals surface area contributed by atoms with Crippen molar-refractivity contribution in [1.29, 1.82) is 0 Å². The number of aryl methyl sites for hydroxylation is 2. The van der Waals surface area contributed by atoms with Gasteiger partial charge in [0, 0.05) is 13.1 Å². The van der Waals surface area contributed by atoms with Crippen molar-refractivity contribution in [2.45, 2.75) is 58.0 Å². The van der Waals surface area contributed by atoms with Crippen molar-refractivity contribution in [3.63, 3.8) is 0 Å². The predicted molar refractivity (Wildman–Crippen MR) is 151 cm³/mol. The molecule has 2 amide bonds.